The zero-order valence-electron chi connectivity index (χ0n) is 22.7. The molecule has 210 valence electrons. The topological polar surface area (TPSA) is 97.1 Å². The van der Waals surface area contributed by atoms with Gasteiger partial charge in [0.05, 0.1) is 30.8 Å². The van der Waals surface area contributed by atoms with E-state index in [1.165, 1.54) is 18.3 Å². The second-order valence-electron chi connectivity index (χ2n) is 10.9. The molecule has 0 radical (unpaired) electrons. The predicted molar refractivity (Wildman–Crippen MR) is 138 cm³/mol. The lowest BCUT2D eigenvalue weighted by atomic mass is 9.81. The molecule has 0 atom stereocenters. The number of anilines is 1. The minimum absolute atomic E-state index is 0.0373. The molecule has 1 aromatic heterocycles. The highest BCUT2D eigenvalue weighted by Gasteiger charge is 2.49. The van der Waals surface area contributed by atoms with E-state index in [-0.39, 0.29) is 36.0 Å². The minimum atomic E-state index is -1.03. The lowest BCUT2D eigenvalue weighted by Gasteiger charge is -2.52. The molecule has 0 aliphatic carbocycles. The lowest BCUT2D eigenvalue weighted by Crippen LogP contribution is -2.65. The summed E-state index contributed by atoms with van der Waals surface area (Å²) in [5.41, 5.74) is -0.282. The maximum Gasteiger partial charge on any atom is 0.410 e. The Morgan fingerprint density at radius 2 is 1.92 bits per heavy atom. The maximum absolute atomic E-state index is 14.9. The van der Waals surface area contributed by atoms with Crippen molar-refractivity contribution in [3.8, 4) is 11.8 Å². The first-order valence-corrected chi connectivity index (χ1v) is 12.9. The molecule has 0 unspecified atom stereocenters. The fourth-order valence-corrected chi connectivity index (χ4v) is 4.54. The summed E-state index contributed by atoms with van der Waals surface area (Å²) in [6.45, 7) is 9.68. The van der Waals surface area contributed by atoms with Gasteiger partial charge in [-0.05, 0) is 45.9 Å². The maximum atomic E-state index is 14.9. The summed E-state index contributed by atoms with van der Waals surface area (Å²) in [5, 5.41) is 9.11. The van der Waals surface area contributed by atoms with Crippen LogP contribution in [0.4, 0.5) is 19.4 Å². The zero-order valence-corrected chi connectivity index (χ0v) is 22.7. The number of ether oxygens (including phenoxy) is 4. The Balaban J connectivity index is 1.37. The SMILES string of the molecule is CCOc1ccc(CN(CCC2OCC3(CO2)CN(C(=O)OC(C)(C)C)C3)c2ccc(C#N)cn2)c(F)c1F. The first-order valence-electron chi connectivity index (χ1n) is 12.9. The predicted octanol–water partition coefficient (Wildman–Crippen LogP) is 4.64. The third kappa shape index (κ3) is 6.94. The van der Waals surface area contributed by atoms with Crippen LogP contribution in [-0.2, 0) is 20.8 Å². The number of carbonyl (C=O) groups excluding carboxylic acids is 1. The number of benzene rings is 1. The van der Waals surface area contributed by atoms with Crippen molar-refractivity contribution in [1.29, 1.82) is 5.26 Å². The van der Waals surface area contributed by atoms with Crippen molar-refractivity contribution >= 4 is 11.9 Å². The number of aromatic nitrogens is 1. The van der Waals surface area contributed by atoms with E-state index in [0.29, 0.717) is 50.7 Å². The van der Waals surface area contributed by atoms with Crippen molar-refractivity contribution in [3.05, 3.63) is 53.2 Å². The van der Waals surface area contributed by atoms with Gasteiger partial charge >= 0.3 is 6.09 Å². The highest BCUT2D eigenvalue weighted by molar-refractivity contribution is 5.69. The number of hydrogen-bond acceptors (Lipinski definition) is 8. The van der Waals surface area contributed by atoms with Gasteiger partial charge in [0.2, 0.25) is 5.82 Å². The van der Waals surface area contributed by atoms with Crippen LogP contribution in [0.2, 0.25) is 0 Å². The van der Waals surface area contributed by atoms with E-state index < -0.39 is 23.5 Å². The van der Waals surface area contributed by atoms with E-state index in [1.807, 2.05) is 26.8 Å². The molecule has 2 fully saturated rings. The molecule has 1 spiro atoms. The van der Waals surface area contributed by atoms with Crippen molar-refractivity contribution in [1.82, 2.24) is 9.88 Å². The van der Waals surface area contributed by atoms with Crippen molar-refractivity contribution in [2.75, 3.05) is 44.4 Å². The number of likely N-dealkylation sites (tertiary alicyclic amines) is 1. The molecular formula is C28H34F2N4O5. The van der Waals surface area contributed by atoms with E-state index >= 15 is 0 Å². The summed E-state index contributed by atoms with van der Waals surface area (Å²) in [4.78, 5) is 20.0. The molecule has 0 saturated carbocycles. The minimum Gasteiger partial charge on any atom is -0.491 e. The Labute approximate surface area is 227 Å². The van der Waals surface area contributed by atoms with Crippen molar-refractivity contribution in [2.45, 2.75) is 52.6 Å². The summed E-state index contributed by atoms with van der Waals surface area (Å²) in [5.74, 6) is -1.65. The van der Waals surface area contributed by atoms with Crippen LogP contribution in [-0.4, -0.2) is 67.3 Å². The van der Waals surface area contributed by atoms with Gasteiger partial charge in [0.15, 0.2) is 17.9 Å². The Hall–Kier alpha value is -3.49. The van der Waals surface area contributed by atoms with E-state index in [1.54, 1.807) is 28.9 Å². The summed E-state index contributed by atoms with van der Waals surface area (Å²) < 4.78 is 51.9. The van der Waals surface area contributed by atoms with Crippen LogP contribution in [0.5, 0.6) is 5.75 Å². The third-order valence-electron chi connectivity index (χ3n) is 6.48. The highest BCUT2D eigenvalue weighted by atomic mass is 19.2. The highest BCUT2D eigenvalue weighted by Crippen LogP contribution is 2.36. The average Bonchev–Trinajstić information content (AvgIpc) is 2.88. The van der Waals surface area contributed by atoms with Crippen molar-refractivity contribution in [3.63, 3.8) is 0 Å². The molecule has 11 heteroatoms. The molecule has 2 saturated heterocycles. The average molecular weight is 545 g/mol. The molecule has 1 aromatic carbocycles. The van der Waals surface area contributed by atoms with Crippen LogP contribution in [0.25, 0.3) is 0 Å². The van der Waals surface area contributed by atoms with Crippen LogP contribution in [0.3, 0.4) is 0 Å². The summed E-state index contributed by atoms with van der Waals surface area (Å²) in [7, 11) is 0. The number of pyridine rings is 1. The van der Waals surface area contributed by atoms with Gasteiger partial charge < -0.3 is 28.7 Å². The van der Waals surface area contributed by atoms with Crippen LogP contribution in [0, 0.1) is 28.4 Å². The quantitative estimate of drug-likeness (QED) is 0.474. The Morgan fingerprint density at radius 3 is 2.51 bits per heavy atom. The summed E-state index contributed by atoms with van der Waals surface area (Å²) in [6.07, 6.45) is 1.02. The molecule has 39 heavy (non-hydrogen) atoms. The van der Waals surface area contributed by atoms with E-state index in [0.717, 1.165) is 0 Å². The van der Waals surface area contributed by atoms with E-state index in [9.17, 15) is 13.6 Å². The first-order chi connectivity index (χ1) is 18.5. The van der Waals surface area contributed by atoms with Crippen LogP contribution >= 0.6 is 0 Å². The third-order valence-corrected chi connectivity index (χ3v) is 6.48. The second-order valence-corrected chi connectivity index (χ2v) is 10.9. The van der Waals surface area contributed by atoms with Gasteiger partial charge in [0.1, 0.15) is 17.5 Å². The van der Waals surface area contributed by atoms with Crippen molar-refractivity contribution in [2.24, 2.45) is 5.41 Å². The molecule has 0 N–H and O–H groups in total. The monoisotopic (exact) mass is 544 g/mol. The lowest BCUT2D eigenvalue weighted by molar-refractivity contribution is -0.254. The standard InChI is InChI=1S/C28H34F2N4O5/c1-5-36-21-8-7-20(24(29)25(21)30)14-33(22-9-6-19(12-31)13-32-22)11-10-23-37-17-28(18-38-23)15-34(16-28)26(35)39-27(2,3)4/h6-9,13,23H,5,10-11,14-18H2,1-4H3. The van der Waals surface area contributed by atoms with Crippen LogP contribution in [0.15, 0.2) is 30.5 Å². The fourth-order valence-electron chi connectivity index (χ4n) is 4.54. The molecule has 2 aliphatic heterocycles. The number of rotatable bonds is 8. The van der Waals surface area contributed by atoms with Gasteiger partial charge in [-0.2, -0.15) is 9.65 Å². The summed E-state index contributed by atoms with van der Waals surface area (Å²) >= 11 is 0. The Kier molecular flexibility index (Phi) is 8.57. The molecule has 1 amide bonds. The van der Waals surface area contributed by atoms with Gasteiger partial charge in [-0.3, -0.25) is 0 Å². The van der Waals surface area contributed by atoms with Crippen LogP contribution < -0.4 is 9.64 Å². The largest absolute Gasteiger partial charge is 0.491 e. The van der Waals surface area contributed by atoms with Gasteiger partial charge in [-0.25, -0.2) is 14.2 Å². The second kappa shape index (κ2) is 11.7. The molecule has 9 nitrogen and oxygen atoms in total. The van der Waals surface area contributed by atoms with Gasteiger partial charge in [-0.1, -0.05) is 6.07 Å². The van der Waals surface area contributed by atoms with E-state index in [2.05, 4.69) is 4.98 Å². The van der Waals surface area contributed by atoms with Crippen molar-refractivity contribution < 1.29 is 32.5 Å². The summed E-state index contributed by atoms with van der Waals surface area (Å²) in [6, 6.07) is 8.21. The molecule has 4 rings (SSSR count). The number of amides is 1. The van der Waals surface area contributed by atoms with Gasteiger partial charge in [-0.15, -0.1) is 0 Å². The smallest absolute Gasteiger partial charge is 0.410 e. The molecule has 2 aromatic rings. The normalized spacial score (nSPS) is 16.9. The molecular weight excluding hydrogens is 510 g/mol. The molecule has 2 aliphatic rings. The number of halogens is 2. The van der Waals surface area contributed by atoms with E-state index in [4.69, 9.17) is 24.2 Å². The Bertz CT molecular complexity index is 1200. The number of hydrogen-bond donors (Lipinski definition) is 0. The Morgan fingerprint density at radius 1 is 1.21 bits per heavy atom. The number of nitrogens with zero attached hydrogens (tertiary/aromatic N) is 4. The zero-order chi connectivity index (χ0) is 28.2. The van der Waals surface area contributed by atoms with Gasteiger partial charge in [0, 0.05) is 44.4 Å². The number of nitriles is 1. The number of carbonyl (C=O) groups is 1. The van der Waals surface area contributed by atoms with Crippen LogP contribution in [0.1, 0.15) is 45.2 Å². The first kappa shape index (κ1) is 28.5. The van der Waals surface area contributed by atoms with Gasteiger partial charge in [0.25, 0.3) is 0 Å². The molecule has 0 bridgehead atoms. The molecule has 3 heterocycles. The fraction of sp³-hybridized carbons (Fsp3) is 0.536.